The lowest BCUT2D eigenvalue weighted by molar-refractivity contribution is 0.0696. The molecular formula is C17H19NO3. The molecule has 0 saturated heterocycles. The molecule has 0 amide bonds. The van der Waals surface area contributed by atoms with Gasteiger partial charge >= 0.3 is 5.97 Å². The van der Waals surface area contributed by atoms with E-state index in [1.807, 2.05) is 25.1 Å². The first-order valence-corrected chi connectivity index (χ1v) is 6.87. The molecule has 0 aliphatic heterocycles. The zero-order valence-electron chi connectivity index (χ0n) is 12.7. The molecule has 0 saturated carbocycles. The fourth-order valence-corrected chi connectivity index (χ4v) is 2.13. The van der Waals surface area contributed by atoms with Gasteiger partial charge in [-0.1, -0.05) is 26.0 Å². The van der Waals surface area contributed by atoms with Gasteiger partial charge in [0.1, 0.15) is 5.75 Å². The van der Waals surface area contributed by atoms with Crippen molar-refractivity contribution in [2.24, 2.45) is 0 Å². The standard InChI is InChI=1S/C17H19NO3/c1-10(2)14-6-5-11(3)7-15(14)21-16-9-13(17(19)20)8-12(4)18-16/h5-10H,1-4H3,(H,19,20). The summed E-state index contributed by atoms with van der Waals surface area (Å²) in [6, 6.07) is 8.98. The molecular weight excluding hydrogens is 266 g/mol. The molecule has 1 heterocycles. The summed E-state index contributed by atoms with van der Waals surface area (Å²) < 4.78 is 5.85. The molecule has 0 unspecified atom stereocenters. The molecule has 1 N–H and O–H groups in total. The molecule has 2 rings (SSSR count). The normalized spacial score (nSPS) is 10.7. The van der Waals surface area contributed by atoms with E-state index in [4.69, 9.17) is 9.84 Å². The summed E-state index contributed by atoms with van der Waals surface area (Å²) in [5, 5.41) is 9.10. The topological polar surface area (TPSA) is 59.4 Å². The van der Waals surface area contributed by atoms with Crippen LogP contribution in [0.15, 0.2) is 30.3 Å². The molecule has 2 aromatic rings. The largest absolute Gasteiger partial charge is 0.478 e. The van der Waals surface area contributed by atoms with Crippen LogP contribution in [-0.2, 0) is 0 Å². The van der Waals surface area contributed by atoms with Crippen LogP contribution in [0.4, 0.5) is 0 Å². The third-order valence-electron chi connectivity index (χ3n) is 3.18. The highest BCUT2D eigenvalue weighted by Gasteiger charge is 2.12. The number of pyridine rings is 1. The van der Waals surface area contributed by atoms with Crippen molar-refractivity contribution in [2.75, 3.05) is 0 Å². The third kappa shape index (κ3) is 3.60. The smallest absolute Gasteiger partial charge is 0.335 e. The van der Waals surface area contributed by atoms with Gasteiger partial charge in [-0.25, -0.2) is 9.78 Å². The van der Waals surface area contributed by atoms with Gasteiger partial charge < -0.3 is 9.84 Å². The predicted molar refractivity (Wildman–Crippen MR) is 81.3 cm³/mol. The number of rotatable bonds is 4. The molecule has 1 aromatic carbocycles. The Morgan fingerprint density at radius 2 is 1.90 bits per heavy atom. The minimum Gasteiger partial charge on any atom is -0.478 e. The first kappa shape index (κ1) is 15.0. The van der Waals surface area contributed by atoms with Crippen LogP contribution in [-0.4, -0.2) is 16.1 Å². The van der Waals surface area contributed by atoms with Gasteiger partial charge in [-0.2, -0.15) is 0 Å². The van der Waals surface area contributed by atoms with Gasteiger partial charge in [0.2, 0.25) is 5.88 Å². The summed E-state index contributed by atoms with van der Waals surface area (Å²) in [5.41, 5.74) is 2.95. The lowest BCUT2D eigenvalue weighted by Crippen LogP contribution is -2.01. The number of aromatic nitrogens is 1. The average Bonchev–Trinajstić information content (AvgIpc) is 2.37. The molecule has 4 nitrogen and oxygen atoms in total. The van der Waals surface area contributed by atoms with Crippen LogP contribution in [0.3, 0.4) is 0 Å². The quantitative estimate of drug-likeness (QED) is 0.909. The molecule has 0 aliphatic rings. The maximum atomic E-state index is 11.1. The zero-order valence-corrected chi connectivity index (χ0v) is 12.7. The molecule has 0 aliphatic carbocycles. The number of carboxylic acid groups (broad SMARTS) is 1. The number of benzene rings is 1. The van der Waals surface area contributed by atoms with Gasteiger partial charge in [0.15, 0.2) is 0 Å². The highest BCUT2D eigenvalue weighted by Crippen LogP contribution is 2.31. The molecule has 1 aromatic heterocycles. The summed E-state index contributed by atoms with van der Waals surface area (Å²) >= 11 is 0. The fraction of sp³-hybridized carbons (Fsp3) is 0.294. The second kappa shape index (κ2) is 5.95. The van der Waals surface area contributed by atoms with E-state index in [0.717, 1.165) is 16.9 Å². The molecule has 0 atom stereocenters. The van der Waals surface area contributed by atoms with Crippen molar-refractivity contribution in [3.63, 3.8) is 0 Å². The van der Waals surface area contributed by atoms with E-state index in [1.165, 1.54) is 12.1 Å². The molecule has 0 spiro atoms. The number of aromatic carboxylic acids is 1. The van der Waals surface area contributed by atoms with Gasteiger partial charge in [-0.3, -0.25) is 0 Å². The fourth-order valence-electron chi connectivity index (χ4n) is 2.13. The van der Waals surface area contributed by atoms with Gasteiger partial charge in [0, 0.05) is 11.8 Å². The lowest BCUT2D eigenvalue weighted by atomic mass is 10.0. The Hall–Kier alpha value is -2.36. The predicted octanol–water partition coefficient (Wildman–Crippen LogP) is 4.31. The number of hydrogen-bond acceptors (Lipinski definition) is 3. The first-order chi connectivity index (χ1) is 9.86. The second-order valence-corrected chi connectivity index (χ2v) is 5.44. The van der Waals surface area contributed by atoms with Gasteiger partial charge in [0.05, 0.1) is 5.56 Å². The number of carboxylic acids is 1. The van der Waals surface area contributed by atoms with E-state index in [2.05, 4.69) is 18.8 Å². The number of carbonyl (C=O) groups is 1. The Labute approximate surface area is 124 Å². The molecule has 0 radical (unpaired) electrons. The summed E-state index contributed by atoms with van der Waals surface area (Å²) in [6.45, 7) is 7.91. The number of aryl methyl sites for hydroxylation is 2. The Balaban J connectivity index is 2.42. The average molecular weight is 285 g/mol. The van der Waals surface area contributed by atoms with Crippen LogP contribution in [0.2, 0.25) is 0 Å². The lowest BCUT2D eigenvalue weighted by Gasteiger charge is -2.14. The summed E-state index contributed by atoms with van der Waals surface area (Å²) in [5.74, 6) is 0.349. The van der Waals surface area contributed by atoms with Crippen LogP contribution in [0, 0.1) is 13.8 Å². The Morgan fingerprint density at radius 3 is 2.52 bits per heavy atom. The highest BCUT2D eigenvalue weighted by molar-refractivity contribution is 5.88. The molecule has 4 heteroatoms. The van der Waals surface area contributed by atoms with Crippen molar-refractivity contribution in [3.05, 3.63) is 52.7 Å². The van der Waals surface area contributed by atoms with Crippen LogP contribution in [0.5, 0.6) is 11.6 Å². The number of nitrogens with zero attached hydrogens (tertiary/aromatic N) is 1. The monoisotopic (exact) mass is 285 g/mol. The summed E-state index contributed by atoms with van der Waals surface area (Å²) in [6.07, 6.45) is 0. The summed E-state index contributed by atoms with van der Waals surface area (Å²) in [7, 11) is 0. The van der Waals surface area contributed by atoms with Crippen LogP contribution in [0.1, 0.15) is 46.9 Å². The van der Waals surface area contributed by atoms with Gasteiger partial charge in [-0.15, -0.1) is 0 Å². The highest BCUT2D eigenvalue weighted by atomic mass is 16.5. The van der Waals surface area contributed by atoms with E-state index in [1.54, 1.807) is 6.92 Å². The van der Waals surface area contributed by atoms with Crippen molar-refractivity contribution in [1.82, 2.24) is 4.98 Å². The maximum absolute atomic E-state index is 11.1. The Bertz CT molecular complexity index is 678. The SMILES string of the molecule is Cc1ccc(C(C)C)c(Oc2cc(C(=O)O)cc(C)n2)c1. The van der Waals surface area contributed by atoms with Gasteiger partial charge in [-0.05, 0) is 43.0 Å². The third-order valence-corrected chi connectivity index (χ3v) is 3.18. The minimum absolute atomic E-state index is 0.177. The van der Waals surface area contributed by atoms with Crippen molar-refractivity contribution in [2.45, 2.75) is 33.6 Å². The van der Waals surface area contributed by atoms with E-state index in [0.29, 0.717) is 17.5 Å². The van der Waals surface area contributed by atoms with Crippen LogP contribution in [0.25, 0.3) is 0 Å². The summed E-state index contributed by atoms with van der Waals surface area (Å²) in [4.78, 5) is 15.4. The van der Waals surface area contributed by atoms with Crippen molar-refractivity contribution >= 4 is 5.97 Å². The molecule has 0 bridgehead atoms. The minimum atomic E-state index is -0.987. The van der Waals surface area contributed by atoms with Gasteiger partial charge in [0.25, 0.3) is 0 Å². The first-order valence-electron chi connectivity index (χ1n) is 6.87. The van der Waals surface area contributed by atoms with E-state index in [-0.39, 0.29) is 5.56 Å². The number of hydrogen-bond donors (Lipinski definition) is 1. The van der Waals surface area contributed by atoms with E-state index in [9.17, 15) is 4.79 Å². The van der Waals surface area contributed by atoms with Crippen LogP contribution < -0.4 is 4.74 Å². The molecule has 0 fully saturated rings. The van der Waals surface area contributed by atoms with Crippen molar-refractivity contribution < 1.29 is 14.6 Å². The van der Waals surface area contributed by atoms with Crippen molar-refractivity contribution in [3.8, 4) is 11.6 Å². The van der Waals surface area contributed by atoms with E-state index >= 15 is 0 Å². The Morgan fingerprint density at radius 1 is 1.19 bits per heavy atom. The molecule has 110 valence electrons. The Kier molecular flexibility index (Phi) is 4.26. The van der Waals surface area contributed by atoms with Crippen molar-refractivity contribution in [1.29, 1.82) is 0 Å². The second-order valence-electron chi connectivity index (χ2n) is 5.44. The van der Waals surface area contributed by atoms with Crippen LogP contribution >= 0.6 is 0 Å². The van der Waals surface area contributed by atoms with E-state index < -0.39 is 5.97 Å². The number of ether oxygens (including phenoxy) is 1. The molecule has 21 heavy (non-hydrogen) atoms. The maximum Gasteiger partial charge on any atom is 0.335 e. The zero-order chi connectivity index (χ0) is 15.6.